The van der Waals surface area contributed by atoms with Crippen molar-refractivity contribution in [2.75, 3.05) is 11.1 Å². The van der Waals surface area contributed by atoms with Crippen molar-refractivity contribution in [1.82, 2.24) is 20.1 Å². The quantitative estimate of drug-likeness (QED) is 0.304. The summed E-state index contributed by atoms with van der Waals surface area (Å²) in [7, 11) is 0. The molecule has 1 aromatic heterocycles. The van der Waals surface area contributed by atoms with E-state index in [0.29, 0.717) is 40.5 Å². The highest BCUT2D eigenvalue weighted by atomic mass is 35.5. The zero-order chi connectivity index (χ0) is 25.5. The Morgan fingerprint density at radius 1 is 1.11 bits per heavy atom. The van der Waals surface area contributed by atoms with Crippen LogP contribution in [0.5, 0.6) is 0 Å². The lowest BCUT2D eigenvalue weighted by molar-refractivity contribution is -0.113. The molecule has 0 saturated heterocycles. The lowest BCUT2D eigenvalue weighted by Crippen LogP contribution is -2.31. The third-order valence-corrected chi connectivity index (χ3v) is 6.71. The topological polar surface area (TPSA) is 88.9 Å². The number of halogens is 2. The summed E-state index contributed by atoms with van der Waals surface area (Å²) >= 11 is 13.5. The number of hydrogen-bond acceptors (Lipinski definition) is 5. The Hall–Kier alpha value is -2.55. The maximum Gasteiger partial charge on any atom is 0.253 e. The van der Waals surface area contributed by atoms with E-state index in [-0.39, 0.29) is 28.6 Å². The van der Waals surface area contributed by atoms with Crippen LogP contribution in [0, 0.1) is 12.8 Å². The van der Waals surface area contributed by atoms with E-state index >= 15 is 0 Å². The number of nitrogens with zero attached hydrogens (tertiary/aromatic N) is 3. The van der Waals surface area contributed by atoms with Gasteiger partial charge < -0.3 is 15.2 Å². The first-order valence-corrected chi connectivity index (χ1v) is 13.1. The fourth-order valence-corrected chi connectivity index (χ4v) is 4.93. The fraction of sp³-hybridized carbons (Fsp3) is 0.360. The Morgan fingerprint density at radius 2 is 1.89 bits per heavy atom. The van der Waals surface area contributed by atoms with Crippen molar-refractivity contribution in [2.24, 2.45) is 5.92 Å². The molecule has 0 spiro atoms. The zero-order valence-electron chi connectivity index (χ0n) is 20.1. The van der Waals surface area contributed by atoms with Crippen LogP contribution in [-0.2, 0) is 11.3 Å². The van der Waals surface area contributed by atoms with Gasteiger partial charge in [0.25, 0.3) is 5.91 Å². The Kier molecular flexibility index (Phi) is 9.60. The first-order valence-electron chi connectivity index (χ1n) is 11.4. The summed E-state index contributed by atoms with van der Waals surface area (Å²) in [5.74, 6) is 0.681. The number of benzene rings is 2. The van der Waals surface area contributed by atoms with Gasteiger partial charge in [0.15, 0.2) is 11.0 Å². The number of amides is 2. The van der Waals surface area contributed by atoms with Crippen LogP contribution < -0.4 is 10.6 Å². The molecule has 0 aliphatic heterocycles. The van der Waals surface area contributed by atoms with E-state index in [9.17, 15) is 9.59 Å². The van der Waals surface area contributed by atoms with Crippen LogP contribution in [0.4, 0.5) is 5.69 Å². The smallest absolute Gasteiger partial charge is 0.253 e. The molecule has 186 valence electrons. The van der Waals surface area contributed by atoms with Crippen molar-refractivity contribution in [1.29, 1.82) is 0 Å². The van der Waals surface area contributed by atoms with E-state index in [1.54, 1.807) is 18.2 Å². The average molecular weight is 535 g/mol. The molecule has 1 heterocycles. The number of hydrogen-bond donors (Lipinski definition) is 2. The fourth-order valence-electron chi connectivity index (χ4n) is 3.62. The summed E-state index contributed by atoms with van der Waals surface area (Å²) in [6.45, 7) is 8.70. The average Bonchev–Trinajstić information content (AvgIpc) is 3.19. The van der Waals surface area contributed by atoms with Crippen molar-refractivity contribution in [3.63, 3.8) is 0 Å². The van der Waals surface area contributed by atoms with E-state index in [1.807, 2.05) is 42.7 Å². The second kappa shape index (κ2) is 12.4. The molecule has 2 amide bonds. The van der Waals surface area contributed by atoms with E-state index in [0.717, 1.165) is 11.3 Å². The minimum Gasteiger partial charge on any atom is -0.342 e. The maximum atomic E-state index is 13.0. The van der Waals surface area contributed by atoms with Gasteiger partial charge in [0, 0.05) is 17.3 Å². The van der Waals surface area contributed by atoms with E-state index in [1.165, 1.54) is 11.8 Å². The van der Waals surface area contributed by atoms with Crippen LogP contribution in [0.25, 0.3) is 0 Å². The molecule has 1 atom stereocenters. The highest BCUT2D eigenvalue weighted by Gasteiger charge is 2.25. The third-order valence-electron chi connectivity index (χ3n) is 5.20. The number of aryl methyl sites for hydroxylation is 1. The van der Waals surface area contributed by atoms with Crippen molar-refractivity contribution in [3.8, 4) is 0 Å². The number of thioether (sulfide) groups is 1. The van der Waals surface area contributed by atoms with E-state index in [4.69, 9.17) is 23.2 Å². The monoisotopic (exact) mass is 533 g/mol. The minimum absolute atomic E-state index is 0.128. The van der Waals surface area contributed by atoms with Gasteiger partial charge in [0.05, 0.1) is 22.4 Å². The summed E-state index contributed by atoms with van der Waals surface area (Å²) in [5.41, 5.74) is 2.17. The number of anilines is 1. The van der Waals surface area contributed by atoms with Crippen molar-refractivity contribution >= 4 is 52.5 Å². The molecule has 0 bridgehead atoms. The summed E-state index contributed by atoms with van der Waals surface area (Å²) in [6.07, 6.45) is 0.660. The highest BCUT2D eigenvalue weighted by molar-refractivity contribution is 7.99. The molecule has 10 heteroatoms. The van der Waals surface area contributed by atoms with Gasteiger partial charge in [-0.15, -0.1) is 10.2 Å². The zero-order valence-corrected chi connectivity index (χ0v) is 22.5. The second-order valence-corrected chi connectivity index (χ2v) is 10.4. The minimum atomic E-state index is -0.378. The molecule has 2 N–H and O–H groups in total. The molecule has 0 radical (unpaired) electrons. The molecular weight excluding hydrogens is 505 g/mol. The van der Waals surface area contributed by atoms with Gasteiger partial charge >= 0.3 is 0 Å². The molecule has 3 rings (SSSR count). The summed E-state index contributed by atoms with van der Waals surface area (Å²) in [4.78, 5) is 25.5. The second-order valence-electron chi connectivity index (χ2n) is 8.57. The molecule has 3 aromatic rings. The molecule has 35 heavy (non-hydrogen) atoms. The van der Waals surface area contributed by atoms with Gasteiger partial charge in [-0.1, -0.05) is 60.9 Å². The molecular formula is C25H29Cl2N5O2S. The standard InChI is InChI=1S/C25H29Cl2N5O2S/c1-5-32-23(21(11-15(2)3)29-24(34)19-10-9-17(26)13-20(19)27)30-31-25(32)35-14-22(33)28-18-8-6-7-16(4)12-18/h6-10,12-13,15,21H,5,11,14H2,1-4H3,(H,28,33)(H,29,34)/t21-/m0/s1. The summed E-state index contributed by atoms with van der Waals surface area (Å²) in [6, 6.07) is 12.0. The third kappa shape index (κ3) is 7.46. The maximum absolute atomic E-state index is 13.0. The molecule has 0 fully saturated rings. The van der Waals surface area contributed by atoms with Crippen LogP contribution in [-0.4, -0.2) is 32.3 Å². The van der Waals surface area contributed by atoms with E-state index < -0.39 is 0 Å². The largest absolute Gasteiger partial charge is 0.342 e. The number of nitrogens with one attached hydrogen (secondary N) is 2. The highest BCUT2D eigenvalue weighted by Crippen LogP contribution is 2.27. The lowest BCUT2D eigenvalue weighted by atomic mass is 10.0. The first kappa shape index (κ1) is 27.0. The Morgan fingerprint density at radius 3 is 2.54 bits per heavy atom. The Bertz CT molecular complexity index is 1200. The first-order chi connectivity index (χ1) is 16.7. The summed E-state index contributed by atoms with van der Waals surface area (Å²) in [5, 5.41) is 16.0. The van der Waals surface area contributed by atoms with Crippen molar-refractivity contribution < 1.29 is 9.59 Å². The van der Waals surface area contributed by atoms with Gasteiger partial charge in [-0.3, -0.25) is 9.59 Å². The van der Waals surface area contributed by atoms with Gasteiger partial charge in [-0.25, -0.2) is 0 Å². The van der Waals surface area contributed by atoms with Gasteiger partial charge in [0.1, 0.15) is 0 Å². The van der Waals surface area contributed by atoms with Crippen LogP contribution in [0.3, 0.4) is 0 Å². The SMILES string of the molecule is CCn1c(SCC(=O)Nc2cccc(C)c2)nnc1[C@H](CC(C)C)NC(=O)c1ccc(Cl)cc1Cl. The number of carbonyl (C=O) groups excluding carboxylic acids is 2. The predicted octanol–water partition coefficient (Wildman–Crippen LogP) is 6.16. The van der Waals surface area contributed by atoms with Gasteiger partial charge in [0.2, 0.25) is 5.91 Å². The summed E-state index contributed by atoms with van der Waals surface area (Å²) < 4.78 is 1.93. The van der Waals surface area contributed by atoms with Crippen molar-refractivity contribution in [2.45, 2.75) is 51.9 Å². The van der Waals surface area contributed by atoms with E-state index in [2.05, 4.69) is 34.7 Å². The predicted molar refractivity (Wildman–Crippen MR) is 142 cm³/mol. The molecule has 0 saturated carbocycles. The molecule has 2 aromatic carbocycles. The van der Waals surface area contributed by atoms with Crippen molar-refractivity contribution in [3.05, 3.63) is 69.5 Å². The molecule has 0 aliphatic rings. The molecule has 7 nitrogen and oxygen atoms in total. The number of carbonyl (C=O) groups is 2. The molecule has 0 unspecified atom stereocenters. The normalized spacial score (nSPS) is 12.0. The number of rotatable bonds is 10. The van der Waals surface area contributed by atoms with Crippen LogP contribution in [0.2, 0.25) is 10.0 Å². The van der Waals surface area contributed by atoms with Gasteiger partial charge in [-0.2, -0.15) is 0 Å². The van der Waals surface area contributed by atoms with Gasteiger partial charge in [-0.05, 0) is 62.1 Å². The Balaban J connectivity index is 1.75. The van der Waals surface area contributed by atoms with Crippen LogP contribution in [0.1, 0.15) is 55.0 Å². The molecule has 0 aliphatic carbocycles. The number of aromatic nitrogens is 3. The lowest BCUT2D eigenvalue weighted by Gasteiger charge is -2.21. The Labute approximate surface area is 220 Å². The van der Waals surface area contributed by atoms with Crippen LogP contribution >= 0.6 is 35.0 Å². The van der Waals surface area contributed by atoms with Crippen LogP contribution in [0.15, 0.2) is 47.6 Å².